The molecule has 9 nitrogen and oxygen atoms in total. The second-order valence-electron chi connectivity index (χ2n) is 6.66. The predicted octanol–water partition coefficient (Wildman–Crippen LogP) is 0.533. The van der Waals surface area contributed by atoms with Gasteiger partial charge in [-0.1, -0.05) is 6.92 Å². The van der Waals surface area contributed by atoms with Gasteiger partial charge in [0.2, 0.25) is 0 Å². The van der Waals surface area contributed by atoms with Gasteiger partial charge in [-0.15, -0.1) is 0 Å². The number of aromatic nitrogens is 2. The molecule has 0 spiro atoms. The molecule has 2 saturated heterocycles. The highest BCUT2D eigenvalue weighted by atomic mass is 16.6. The molecule has 3 heterocycles. The van der Waals surface area contributed by atoms with Crippen LogP contribution < -0.4 is 4.90 Å². The van der Waals surface area contributed by atoms with Crippen LogP contribution in [0.5, 0.6) is 0 Å². The molecular weight excluding hydrogens is 348 g/mol. The first kappa shape index (κ1) is 19.3. The fraction of sp³-hybridized carbons (Fsp3) is 0.667. The van der Waals surface area contributed by atoms with Crippen molar-refractivity contribution in [1.82, 2.24) is 24.7 Å². The van der Waals surface area contributed by atoms with E-state index in [-0.39, 0.29) is 12.0 Å². The number of piperazine rings is 2. The van der Waals surface area contributed by atoms with E-state index in [2.05, 4.69) is 26.7 Å². The van der Waals surface area contributed by atoms with Crippen LogP contribution in [0.25, 0.3) is 0 Å². The SMILES string of the molecule is CCOC(=O)N1CCN(c2cnc(C(=O)N3CCN(CC)CC3)cn2)CC1. The molecule has 0 saturated carbocycles. The third-order valence-corrected chi connectivity index (χ3v) is 5.09. The van der Waals surface area contributed by atoms with Gasteiger partial charge in [0.25, 0.3) is 5.91 Å². The molecule has 2 amide bonds. The lowest BCUT2D eigenvalue weighted by atomic mass is 10.3. The van der Waals surface area contributed by atoms with Crippen molar-refractivity contribution in [1.29, 1.82) is 0 Å². The molecule has 0 aliphatic carbocycles. The van der Waals surface area contributed by atoms with Crippen molar-refractivity contribution in [2.45, 2.75) is 13.8 Å². The first-order valence-electron chi connectivity index (χ1n) is 9.62. The van der Waals surface area contributed by atoms with E-state index in [1.165, 1.54) is 0 Å². The molecule has 9 heteroatoms. The van der Waals surface area contributed by atoms with Crippen molar-refractivity contribution in [3.8, 4) is 0 Å². The highest BCUT2D eigenvalue weighted by Crippen LogP contribution is 2.14. The van der Waals surface area contributed by atoms with Gasteiger partial charge >= 0.3 is 6.09 Å². The zero-order valence-corrected chi connectivity index (χ0v) is 16.1. The molecule has 0 unspecified atom stereocenters. The molecule has 0 radical (unpaired) electrons. The summed E-state index contributed by atoms with van der Waals surface area (Å²) >= 11 is 0. The van der Waals surface area contributed by atoms with Gasteiger partial charge in [0.15, 0.2) is 0 Å². The Morgan fingerprint density at radius 1 is 0.926 bits per heavy atom. The number of ether oxygens (including phenoxy) is 1. The van der Waals surface area contributed by atoms with Crippen molar-refractivity contribution >= 4 is 17.8 Å². The van der Waals surface area contributed by atoms with Gasteiger partial charge in [0.05, 0.1) is 19.0 Å². The summed E-state index contributed by atoms with van der Waals surface area (Å²) in [4.78, 5) is 41.1. The Morgan fingerprint density at radius 2 is 1.59 bits per heavy atom. The normalized spacial score (nSPS) is 18.5. The van der Waals surface area contributed by atoms with E-state index in [1.807, 2.05) is 4.90 Å². The van der Waals surface area contributed by atoms with Crippen molar-refractivity contribution in [3.05, 3.63) is 18.1 Å². The lowest BCUT2D eigenvalue weighted by Gasteiger charge is -2.35. The summed E-state index contributed by atoms with van der Waals surface area (Å²) in [5.41, 5.74) is 0.383. The summed E-state index contributed by atoms with van der Waals surface area (Å²) < 4.78 is 5.03. The lowest BCUT2D eigenvalue weighted by molar-refractivity contribution is 0.0637. The summed E-state index contributed by atoms with van der Waals surface area (Å²) in [5, 5.41) is 0. The Balaban J connectivity index is 1.53. The van der Waals surface area contributed by atoms with E-state index in [4.69, 9.17) is 4.74 Å². The maximum atomic E-state index is 12.6. The third kappa shape index (κ3) is 4.65. The fourth-order valence-corrected chi connectivity index (χ4v) is 3.36. The van der Waals surface area contributed by atoms with Crippen LogP contribution in [0, 0.1) is 0 Å². The summed E-state index contributed by atoms with van der Waals surface area (Å²) in [6.45, 7) is 11.1. The summed E-state index contributed by atoms with van der Waals surface area (Å²) in [6, 6.07) is 0. The second-order valence-corrected chi connectivity index (χ2v) is 6.66. The van der Waals surface area contributed by atoms with E-state index >= 15 is 0 Å². The van der Waals surface area contributed by atoms with Gasteiger partial charge in [-0.25, -0.2) is 14.8 Å². The second kappa shape index (κ2) is 8.98. The number of likely N-dealkylation sites (N-methyl/N-ethyl adjacent to an activating group) is 1. The quantitative estimate of drug-likeness (QED) is 0.758. The zero-order valence-electron chi connectivity index (χ0n) is 16.1. The zero-order chi connectivity index (χ0) is 19.2. The summed E-state index contributed by atoms with van der Waals surface area (Å²) in [6.07, 6.45) is 2.93. The van der Waals surface area contributed by atoms with Crippen LogP contribution in [0.1, 0.15) is 24.3 Å². The van der Waals surface area contributed by atoms with E-state index in [0.717, 1.165) is 38.5 Å². The predicted molar refractivity (Wildman–Crippen MR) is 101 cm³/mol. The highest BCUT2D eigenvalue weighted by Gasteiger charge is 2.25. The smallest absolute Gasteiger partial charge is 0.409 e. The molecule has 2 fully saturated rings. The minimum Gasteiger partial charge on any atom is -0.450 e. The topological polar surface area (TPSA) is 82.1 Å². The van der Waals surface area contributed by atoms with Crippen LogP contribution in [-0.2, 0) is 4.74 Å². The van der Waals surface area contributed by atoms with E-state index in [9.17, 15) is 9.59 Å². The third-order valence-electron chi connectivity index (χ3n) is 5.09. The Hall–Kier alpha value is -2.42. The minimum atomic E-state index is -0.271. The molecule has 0 bridgehead atoms. The van der Waals surface area contributed by atoms with Gasteiger partial charge in [-0.2, -0.15) is 0 Å². The van der Waals surface area contributed by atoms with Crippen molar-refractivity contribution in [2.24, 2.45) is 0 Å². The number of rotatable bonds is 4. The molecule has 0 atom stereocenters. The van der Waals surface area contributed by atoms with Crippen molar-refractivity contribution in [2.75, 3.05) is 70.4 Å². The van der Waals surface area contributed by atoms with Crippen molar-refractivity contribution < 1.29 is 14.3 Å². The van der Waals surface area contributed by atoms with Crippen LogP contribution in [0.15, 0.2) is 12.4 Å². The minimum absolute atomic E-state index is 0.0584. The highest BCUT2D eigenvalue weighted by molar-refractivity contribution is 5.92. The van der Waals surface area contributed by atoms with Crippen LogP contribution in [-0.4, -0.2) is 102 Å². The van der Waals surface area contributed by atoms with Crippen LogP contribution in [0.2, 0.25) is 0 Å². The lowest BCUT2D eigenvalue weighted by Crippen LogP contribution is -2.49. The molecule has 27 heavy (non-hydrogen) atoms. The van der Waals surface area contributed by atoms with E-state index in [1.54, 1.807) is 24.2 Å². The molecule has 0 aromatic carbocycles. The Bertz CT molecular complexity index is 637. The fourth-order valence-electron chi connectivity index (χ4n) is 3.36. The number of amides is 2. The average molecular weight is 376 g/mol. The first-order chi connectivity index (χ1) is 13.1. The molecule has 0 N–H and O–H groups in total. The molecule has 1 aromatic rings. The number of hydrogen-bond donors (Lipinski definition) is 0. The van der Waals surface area contributed by atoms with Crippen LogP contribution in [0.4, 0.5) is 10.6 Å². The van der Waals surface area contributed by atoms with E-state index < -0.39 is 0 Å². The molecule has 148 valence electrons. The van der Waals surface area contributed by atoms with E-state index in [0.29, 0.717) is 38.5 Å². The number of carbonyl (C=O) groups excluding carboxylic acids is 2. The Morgan fingerprint density at radius 3 is 2.15 bits per heavy atom. The van der Waals surface area contributed by atoms with Crippen LogP contribution in [0.3, 0.4) is 0 Å². The van der Waals surface area contributed by atoms with Gasteiger partial charge < -0.3 is 24.3 Å². The standard InChI is InChI=1S/C18H28N6O3/c1-3-21-5-7-23(8-6-21)17(25)15-13-20-16(14-19-15)22-9-11-24(12-10-22)18(26)27-4-2/h13-14H,3-12H2,1-2H3. The largest absolute Gasteiger partial charge is 0.450 e. The van der Waals surface area contributed by atoms with Gasteiger partial charge in [0, 0.05) is 52.4 Å². The number of carbonyl (C=O) groups is 2. The maximum Gasteiger partial charge on any atom is 0.409 e. The molecule has 3 rings (SSSR count). The molecule has 2 aliphatic rings. The summed E-state index contributed by atoms with van der Waals surface area (Å²) in [7, 11) is 0. The maximum absolute atomic E-state index is 12.6. The Kier molecular flexibility index (Phi) is 6.44. The Labute approximate surface area is 159 Å². The van der Waals surface area contributed by atoms with Crippen LogP contribution >= 0.6 is 0 Å². The number of anilines is 1. The molecular formula is C18H28N6O3. The first-order valence-corrected chi connectivity index (χ1v) is 9.62. The van der Waals surface area contributed by atoms with Gasteiger partial charge in [-0.3, -0.25) is 4.79 Å². The number of hydrogen-bond acceptors (Lipinski definition) is 7. The average Bonchev–Trinajstić information content (AvgIpc) is 2.74. The summed E-state index contributed by atoms with van der Waals surface area (Å²) in [5.74, 6) is 0.669. The number of nitrogens with zero attached hydrogens (tertiary/aromatic N) is 6. The van der Waals surface area contributed by atoms with Gasteiger partial charge in [-0.05, 0) is 13.5 Å². The molecule has 2 aliphatic heterocycles. The molecule has 1 aromatic heterocycles. The van der Waals surface area contributed by atoms with Crippen molar-refractivity contribution in [3.63, 3.8) is 0 Å². The monoisotopic (exact) mass is 376 g/mol. The van der Waals surface area contributed by atoms with Gasteiger partial charge in [0.1, 0.15) is 11.5 Å².